The van der Waals surface area contributed by atoms with E-state index in [0.29, 0.717) is 19.3 Å². The first-order valence-corrected chi connectivity index (χ1v) is 7.55. The molecule has 5 nitrogen and oxygen atoms in total. The number of alkyl halides is 3. The summed E-state index contributed by atoms with van der Waals surface area (Å²) in [6.07, 6.45) is -3.34. The van der Waals surface area contributed by atoms with Crippen molar-refractivity contribution in [3.05, 3.63) is 23.8 Å². The minimum atomic E-state index is -4.56. The number of rotatable bonds is 6. The molecule has 2 N–H and O–H groups in total. The van der Waals surface area contributed by atoms with Crippen molar-refractivity contribution in [2.45, 2.75) is 38.8 Å². The van der Waals surface area contributed by atoms with Crippen LogP contribution in [0.5, 0.6) is 5.75 Å². The molecule has 1 fully saturated rings. The van der Waals surface area contributed by atoms with Gasteiger partial charge in [-0.1, -0.05) is 6.42 Å². The zero-order valence-electron chi connectivity index (χ0n) is 13.1. The van der Waals surface area contributed by atoms with Gasteiger partial charge in [0.1, 0.15) is 5.75 Å². The normalized spacial score (nSPS) is 16.2. The highest BCUT2D eigenvalue weighted by atomic mass is 19.4. The molecule has 1 saturated carbocycles. The largest absolute Gasteiger partial charge is 0.492 e. The fraction of sp³-hybridized carbons (Fsp3) is 0.500. The Bertz CT molecular complexity index is 639. The number of carbonyl (C=O) groups is 2. The second kappa shape index (κ2) is 6.70. The van der Waals surface area contributed by atoms with Gasteiger partial charge in [-0.15, -0.1) is 0 Å². The van der Waals surface area contributed by atoms with Crippen LogP contribution in [0.3, 0.4) is 0 Å². The Morgan fingerprint density at radius 1 is 1.33 bits per heavy atom. The van der Waals surface area contributed by atoms with E-state index in [9.17, 15) is 27.9 Å². The van der Waals surface area contributed by atoms with Crippen LogP contribution in [0.25, 0.3) is 0 Å². The lowest BCUT2D eigenvalue weighted by atomic mass is 9.66. The SMILES string of the molecule is CCOc1ccc(C(F)(F)F)cc1NC(=O)CC1(C(=O)O)CCC1. The van der Waals surface area contributed by atoms with Crippen molar-refractivity contribution in [1.29, 1.82) is 0 Å². The molecular weight excluding hydrogens is 327 g/mol. The maximum Gasteiger partial charge on any atom is 0.416 e. The number of amides is 1. The van der Waals surface area contributed by atoms with Gasteiger partial charge in [-0.05, 0) is 38.0 Å². The fourth-order valence-electron chi connectivity index (χ4n) is 2.66. The quantitative estimate of drug-likeness (QED) is 0.824. The van der Waals surface area contributed by atoms with Crippen LogP contribution in [0.2, 0.25) is 0 Å². The summed E-state index contributed by atoms with van der Waals surface area (Å²) in [5.41, 5.74) is -2.15. The summed E-state index contributed by atoms with van der Waals surface area (Å²) in [6, 6.07) is 2.79. The van der Waals surface area contributed by atoms with E-state index >= 15 is 0 Å². The zero-order chi connectivity index (χ0) is 18.0. The highest BCUT2D eigenvalue weighted by Crippen LogP contribution is 2.44. The second-order valence-corrected chi connectivity index (χ2v) is 5.81. The highest BCUT2D eigenvalue weighted by Gasteiger charge is 2.46. The molecule has 0 radical (unpaired) electrons. The number of nitrogens with one attached hydrogen (secondary N) is 1. The van der Waals surface area contributed by atoms with E-state index in [2.05, 4.69) is 5.32 Å². The third-order valence-electron chi connectivity index (χ3n) is 4.14. The molecule has 0 aromatic heterocycles. The van der Waals surface area contributed by atoms with Gasteiger partial charge >= 0.3 is 12.1 Å². The van der Waals surface area contributed by atoms with Crippen LogP contribution in [0.15, 0.2) is 18.2 Å². The van der Waals surface area contributed by atoms with Gasteiger partial charge in [-0.3, -0.25) is 9.59 Å². The Balaban J connectivity index is 2.20. The molecule has 1 aromatic carbocycles. The summed E-state index contributed by atoms with van der Waals surface area (Å²) in [5, 5.41) is 11.6. The molecule has 8 heteroatoms. The van der Waals surface area contributed by atoms with Gasteiger partial charge in [0.25, 0.3) is 0 Å². The molecular formula is C16H18F3NO4. The molecule has 0 aliphatic heterocycles. The molecule has 24 heavy (non-hydrogen) atoms. The van der Waals surface area contributed by atoms with Gasteiger partial charge < -0.3 is 15.2 Å². The number of carboxylic acid groups (broad SMARTS) is 1. The first kappa shape index (κ1) is 18.1. The first-order chi connectivity index (χ1) is 11.2. The number of halogens is 3. The van der Waals surface area contributed by atoms with E-state index in [1.165, 1.54) is 0 Å². The van der Waals surface area contributed by atoms with Crippen LogP contribution in [-0.4, -0.2) is 23.6 Å². The molecule has 1 aromatic rings. The summed E-state index contributed by atoms with van der Waals surface area (Å²) in [5.74, 6) is -1.59. The third-order valence-corrected chi connectivity index (χ3v) is 4.14. The van der Waals surface area contributed by atoms with E-state index in [1.807, 2.05) is 0 Å². The van der Waals surface area contributed by atoms with Gasteiger partial charge in [0.2, 0.25) is 5.91 Å². The average molecular weight is 345 g/mol. The number of aliphatic carboxylic acids is 1. The molecule has 0 spiro atoms. The van der Waals surface area contributed by atoms with Crippen LogP contribution >= 0.6 is 0 Å². The van der Waals surface area contributed by atoms with Crippen LogP contribution in [0, 0.1) is 5.41 Å². The molecule has 132 valence electrons. The van der Waals surface area contributed by atoms with Crippen molar-refractivity contribution >= 4 is 17.6 Å². The van der Waals surface area contributed by atoms with Crippen LogP contribution < -0.4 is 10.1 Å². The highest BCUT2D eigenvalue weighted by molar-refractivity contribution is 5.95. The van der Waals surface area contributed by atoms with Crippen molar-refractivity contribution in [3.63, 3.8) is 0 Å². The number of hydrogen-bond donors (Lipinski definition) is 2. The van der Waals surface area contributed by atoms with Gasteiger partial charge in [-0.2, -0.15) is 13.2 Å². The van der Waals surface area contributed by atoms with E-state index in [1.54, 1.807) is 6.92 Å². The third kappa shape index (κ3) is 3.80. The summed E-state index contributed by atoms with van der Waals surface area (Å²) < 4.78 is 43.7. The fourth-order valence-corrected chi connectivity index (χ4v) is 2.66. The van der Waals surface area contributed by atoms with Crippen molar-refractivity contribution in [3.8, 4) is 5.75 Å². The number of benzene rings is 1. The van der Waals surface area contributed by atoms with Gasteiger partial charge in [0.05, 0.1) is 23.3 Å². The standard InChI is InChI=1S/C16H18F3NO4/c1-2-24-12-5-4-10(16(17,18)19)8-11(12)20-13(21)9-15(14(22)23)6-3-7-15/h4-5,8H,2-3,6-7,9H2,1H3,(H,20,21)(H,22,23). The molecule has 0 unspecified atom stereocenters. The Morgan fingerprint density at radius 3 is 2.46 bits per heavy atom. The van der Waals surface area contributed by atoms with E-state index < -0.39 is 29.0 Å². The molecule has 1 aliphatic rings. The molecule has 0 atom stereocenters. The van der Waals surface area contributed by atoms with Gasteiger partial charge in [-0.25, -0.2) is 0 Å². The molecule has 1 amide bonds. The number of anilines is 1. The molecule has 0 heterocycles. The van der Waals surface area contributed by atoms with Crippen molar-refractivity contribution in [2.24, 2.45) is 5.41 Å². The average Bonchev–Trinajstić information content (AvgIpc) is 2.43. The second-order valence-electron chi connectivity index (χ2n) is 5.81. The predicted octanol–water partition coefficient (Wildman–Crippen LogP) is 3.69. The van der Waals surface area contributed by atoms with E-state index in [-0.39, 0.29) is 24.5 Å². The maximum atomic E-state index is 12.8. The summed E-state index contributed by atoms with van der Waals surface area (Å²) >= 11 is 0. The molecule has 2 rings (SSSR count). The summed E-state index contributed by atoms with van der Waals surface area (Å²) in [7, 11) is 0. The number of hydrogen-bond acceptors (Lipinski definition) is 3. The smallest absolute Gasteiger partial charge is 0.416 e. The van der Waals surface area contributed by atoms with Gasteiger partial charge in [0.15, 0.2) is 0 Å². The van der Waals surface area contributed by atoms with Crippen LogP contribution in [-0.2, 0) is 15.8 Å². The Hall–Kier alpha value is -2.25. The van der Waals surface area contributed by atoms with Crippen LogP contribution in [0.4, 0.5) is 18.9 Å². The number of ether oxygens (including phenoxy) is 1. The molecule has 0 saturated heterocycles. The van der Waals surface area contributed by atoms with E-state index in [0.717, 1.165) is 18.2 Å². The molecule has 0 bridgehead atoms. The maximum absolute atomic E-state index is 12.8. The molecule has 1 aliphatic carbocycles. The van der Waals surface area contributed by atoms with Crippen molar-refractivity contribution in [2.75, 3.05) is 11.9 Å². The van der Waals surface area contributed by atoms with Gasteiger partial charge in [0, 0.05) is 6.42 Å². The Morgan fingerprint density at radius 2 is 2.00 bits per heavy atom. The Kier molecular flexibility index (Phi) is 5.05. The lowest BCUT2D eigenvalue weighted by Gasteiger charge is -2.36. The van der Waals surface area contributed by atoms with Crippen molar-refractivity contribution < 1.29 is 32.6 Å². The van der Waals surface area contributed by atoms with E-state index in [4.69, 9.17) is 4.74 Å². The lowest BCUT2D eigenvalue weighted by molar-refractivity contribution is -0.157. The summed E-state index contributed by atoms with van der Waals surface area (Å²) in [6.45, 7) is 1.88. The zero-order valence-corrected chi connectivity index (χ0v) is 13.1. The number of carbonyl (C=O) groups excluding carboxylic acids is 1. The topological polar surface area (TPSA) is 75.6 Å². The minimum Gasteiger partial charge on any atom is -0.492 e. The monoisotopic (exact) mass is 345 g/mol. The van der Waals surface area contributed by atoms with Crippen molar-refractivity contribution in [1.82, 2.24) is 0 Å². The Labute approximate surface area is 136 Å². The minimum absolute atomic E-state index is 0.108. The predicted molar refractivity (Wildman–Crippen MR) is 79.8 cm³/mol. The summed E-state index contributed by atoms with van der Waals surface area (Å²) in [4.78, 5) is 23.4. The number of carboxylic acids is 1. The lowest BCUT2D eigenvalue weighted by Crippen LogP contribution is -2.41. The first-order valence-electron chi connectivity index (χ1n) is 7.55. The van der Waals surface area contributed by atoms with Crippen LogP contribution in [0.1, 0.15) is 38.2 Å².